The van der Waals surface area contributed by atoms with Gasteiger partial charge in [-0.15, -0.1) is 0 Å². The van der Waals surface area contributed by atoms with Crippen LogP contribution in [0.15, 0.2) is 18.2 Å². The number of nitro groups is 1. The molecule has 1 aromatic carbocycles. The minimum atomic E-state index is -4.58. The van der Waals surface area contributed by atoms with E-state index >= 15 is 0 Å². The van der Waals surface area contributed by atoms with Gasteiger partial charge in [0.15, 0.2) is 0 Å². The molecule has 0 aromatic heterocycles. The van der Waals surface area contributed by atoms with Crippen LogP contribution in [0.2, 0.25) is 0 Å². The second-order valence-electron chi connectivity index (χ2n) is 4.76. The summed E-state index contributed by atoms with van der Waals surface area (Å²) in [6.45, 7) is 3.60. The molecule has 0 bridgehead atoms. The fourth-order valence-corrected chi connectivity index (χ4v) is 2.26. The van der Waals surface area contributed by atoms with E-state index in [2.05, 4.69) is 5.32 Å². The van der Waals surface area contributed by atoms with Gasteiger partial charge in [0.1, 0.15) is 5.69 Å². The van der Waals surface area contributed by atoms with Crippen molar-refractivity contribution in [3.05, 3.63) is 33.9 Å². The van der Waals surface area contributed by atoms with Crippen molar-refractivity contribution in [1.82, 2.24) is 5.32 Å². The van der Waals surface area contributed by atoms with Crippen molar-refractivity contribution in [2.45, 2.75) is 19.1 Å². The van der Waals surface area contributed by atoms with Crippen LogP contribution in [0.4, 0.5) is 24.5 Å². The maximum Gasteiger partial charge on any atom is 0.416 e. The van der Waals surface area contributed by atoms with Crippen LogP contribution in [-0.2, 0) is 6.18 Å². The lowest BCUT2D eigenvalue weighted by Crippen LogP contribution is -2.49. The molecule has 0 spiro atoms. The van der Waals surface area contributed by atoms with E-state index in [1.54, 1.807) is 4.90 Å². The lowest BCUT2D eigenvalue weighted by Gasteiger charge is -2.33. The Kier molecular flexibility index (Phi) is 3.85. The topological polar surface area (TPSA) is 58.4 Å². The molecule has 5 nitrogen and oxygen atoms in total. The molecule has 1 heterocycles. The number of nitrogens with zero attached hydrogens (tertiary/aromatic N) is 2. The first-order valence-corrected chi connectivity index (χ1v) is 6.13. The second kappa shape index (κ2) is 5.28. The van der Waals surface area contributed by atoms with E-state index in [0.29, 0.717) is 25.7 Å². The van der Waals surface area contributed by atoms with Crippen molar-refractivity contribution < 1.29 is 18.1 Å². The van der Waals surface area contributed by atoms with Crippen LogP contribution in [0.1, 0.15) is 12.5 Å². The number of halogens is 3. The van der Waals surface area contributed by atoms with Crippen LogP contribution in [0, 0.1) is 10.1 Å². The minimum absolute atomic E-state index is 0.130. The van der Waals surface area contributed by atoms with Crippen LogP contribution >= 0.6 is 0 Å². The molecule has 8 heteroatoms. The van der Waals surface area contributed by atoms with Gasteiger partial charge in [-0.25, -0.2) is 0 Å². The van der Waals surface area contributed by atoms with Gasteiger partial charge in [0.05, 0.1) is 10.5 Å². The van der Waals surface area contributed by atoms with Crippen molar-refractivity contribution in [3.8, 4) is 0 Å². The third-order valence-corrected chi connectivity index (χ3v) is 3.21. The Balaban J connectivity index is 2.40. The monoisotopic (exact) mass is 289 g/mol. The van der Waals surface area contributed by atoms with E-state index in [0.717, 1.165) is 6.07 Å². The van der Waals surface area contributed by atoms with Crippen molar-refractivity contribution in [1.29, 1.82) is 0 Å². The standard InChI is InChI=1S/C12H14F3N3O2/c1-8-7-17(5-4-16-8)10-3-2-9(12(13,14)15)6-11(10)18(19)20/h2-3,6,8,16H,4-5,7H2,1H3. The summed E-state index contributed by atoms with van der Waals surface area (Å²) in [6, 6.07) is 2.79. The predicted octanol–water partition coefficient (Wildman–Crippen LogP) is 2.41. The Morgan fingerprint density at radius 1 is 1.45 bits per heavy atom. The van der Waals surface area contributed by atoms with Crippen LogP contribution < -0.4 is 10.2 Å². The van der Waals surface area contributed by atoms with E-state index < -0.39 is 22.4 Å². The number of hydrogen-bond acceptors (Lipinski definition) is 4. The summed E-state index contributed by atoms with van der Waals surface area (Å²) in [5.74, 6) is 0. The smallest absolute Gasteiger partial charge is 0.363 e. The molecule has 1 aliphatic rings. The Labute approximate surface area is 113 Å². The van der Waals surface area contributed by atoms with E-state index in [1.807, 2.05) is 6.92 Å². The van der Waals surface area contributed by atoms with Crippen molar-refractivity contribution in [2.75, 3.05) is 24.5 Å². The fraction of sp³-hybridized carbons (Fsp3) is 0.500. The van der Waals surface area contributed by atoms with Crippen molar-refractivity contribution in [2.24, 2.45) is 0 Å². The number of benzene rings is 1. The zero-order chi connectivity index (χ0) is 14.9. The molecule has 0 aliphatic carbocycles. The summed E-state index contributed by atoms with van der Waals surface area (Å²) in [5, 5.41) is 14.2. The zero-order valence-corrected chi connectivity index (χ0v) is 10.8. The second-order valence-corrected chi connectivity index (χ2v) is 4.76. The first kappa shape index (κ1) is 14.6. The molecule has 0 amide bonds. The maximum absolute atomic E-state index is 12.6. The molecular weight excluding hydrogens is 275 g/mol. The summed E-state index contributed by atoms with van der Waals surface area (Å²) in [5.41, 5.74) is -1.28. The summed E-state index contributed by atoms with van der Waals surface area (Å²) in [4.78, 5) is 12.0. The van der Waals surface area contributed by atoms with Crippen LogP contribution in [0.3, 0.4) is 0 Å². The third-order valence-electron chi connectivity index (χ3n) is 3.21. The molecular formula is C12H14F3N3O2. The third kappa shape index (κ3) is 3.01. The molecule has 0 radical (unpaired) electrons. The van der Waals surface area contributed by atoms with Gasteiger partial charge in [0, 0.05) is 31.7 Å². The SMILES string of the molecule is CC1CN(c2ccc(C(F)(F)F)cc2[N+](=O)[O-])CCN1. The van der Waals surface area contributed by atoms with Gasteiger partial charge in [0.2, 0.25) is 0 Å². The van der Waals surface area contributed by atoms with E-state index in [4.69, 9.17) is 0 Å². The van der Waals surface area contributed by atoms with E-state index in [1.165, 1.54) is 6.07 Å². The predicted molar refractivity (Wildman–Crippen MR) is 67.8 cm³/mol. The number of nitro benzene ring substituents is 1. The largest absolute Gasteiger partial charge is 0.416 e. The first-order valence-electron chi connectivity index (χ1n) is 6.13. The van der Waals surface area contributed by atoms with Gasteiger partial charge in [-0.2, -0.15) is 13.2 Å². The van der Waals surface area contributed by atoms with E-state index in [9.17, 15) is 23.3 Å². The number of alkyl halides is 3. The summed E-state index contributed by atoms with van der Waals surface area (Å²) < 4.78 is 37.9. The number of piperazine rings is 1. The normalized spacial score (nSPS) is 20.0. The highest BCUT2D eigenvalue weighted by molar-refractivity contribution is 5.65. The van der Waals surface area contributed by atoms with Gasteiger partial charge in [0.25, 0.3) is 5.69 Å². The summed E-state index contributed by atoms with van der Waals surface area (Å²) in [6.07, 6.45) is -4.58. The summed E-state index contributed by atoms with van der Waals surface area (Å²) >= 11 is 0. The molecule has 1 saturated heterocycles. The minimum Gasteiger partial charge on any atom is -0.363 e. The quantitative estimate of drug-likeness (QED) is 0.671. The van der Waals surface area contributed by atoms with Gasteiger partial charge < -0.3 is 10.2 Å². The molecule has 1 aliphatic heterocycles. The molecule has 1 aromatic rings. The molecule has 1 fully saturated rings. The maximum atomic E-state index is 12.6. The number of anilines is 1. The molecule has 0 saturated carbocycles. The Bertz CT molecular complexity index is 519. The highest BCUT2D eigenvalue weighted by Gasteiger charge is 2.34. The van der Waals surface area contributed by atoms with Gasteiger partial charge in [-0.3, -0.25) is 10.1 Å². The van der Waals surface area contributed by atoms with Gasteiger partial charge >= 0.3 is 6.18 Å². The highest BCUT2D eigenvalue weighted by atomic mass is 19.4. The van der Waals surface area contributed by atoms with Crippen LogP contribution in [0.25, 0.3) is 0 Å². The molecule has 1 atom stereocenters. The molecule has 2 rings (SSSR count). The van der Waals surface area contributed by atoms with Crippen molar-refractivity contribution in [3.63, 3.8) is 0 Å². The first-order chi connectivity index (χ1) is 9.29. The lowest BCUT2D eigenvalue weighted by molar-refractivity contribution is -0.384. The average molecular weight is 289 g/mol. The van der Waals surface area contributed by atoms with Crippen molar-refractivity contribution >= 4 is 11.4 Å². The number of rotatable bonds is 2. The van der Waals surface area contributed by atoms with Crippen LogP contribution in [-0.4, -0.2) is 30.6 Å². The molecule has 20 heavy (non-hydrogen) atoms. The molecule has 110 valence electrons. The highest BCUT2D eigenvalue weighted by Crippen LogP contribution is 2.36. The number of hydrogen-bond donors (Lipinski definition) is 1. The summed E-state index contributed by atoms with van der Waals surface area (Å²) in [7, 11) is 0. The average Bonchev–Trinajstić information content (AvgIpc) is 2.37. The van der Waals surface area contributed by atoms with Gasteiger partial charge in [-0.05, 0) is 19.1 Å². The Morgan fingerprint density at radius 3 is 2.70 bits per heavy atom. The fourth-order valence-electron chi connectivity index (χ4n) is 2.26. The molecule has 1 N–H and O–H groups in total. The lowest BCUT2D eigenvalue weighted by atomic mass is 10.1. The van der Waals surface area contributed by atoms with E-state index in [-0.39, 0.29) is 11.7 Å². The van der Waals surface area contributed by atoms with Crippen LogP contribution in [0.5, 0.6) is 0 Å². The number of nitrogens with one attached hydrogen (secondary N) is 1. The van der Waals surface area contributed by atoms with Gasteiger partial charge in [-0.1, -0.05) is 0 Å². The Morgan fingerprint density at radius 2 is 2.15 bits per heavy atom. The Hall–Kier alpha value is -1.83. The zero-order valence-electron chi connectivity index (χ0n) is 10.8. The molecule has 1 unspecified atom stereocenters.